The van der Waals surface area contributed by atoms with Crippen LogP contribution in [0.5, 0.6) is 0 Å². The van der Waals surface area contributed by atoms with E-state index in [4.69, 9.17) is 0 Å². The molecule has 1 unspecified atom stereocenters. The van der Waals surface area contributed by atoms with Gasteiger partial charge in [-0.05, 0) is 25.8 Å². The Labute approximate surface area is 98.3 Å². The lowest BCUT2D eigenvalue weighted by Gasteiger charge is -2.27. The van der Waals surface area contributed by atoms with Gasteiger partial charge in [0, 0.05) is 29.9 Å². The lowest BCUT2D eigenvalue weighted by atomic mass is 9.86. The van der Waals surface area contributed by atoms with Gasteiger partial charge in [-0.2, -0.15) is 0 Å². The van der Waals surface area contributed by atoms with E-state index in [2.05, 4.69) is 41.8 Å². The molecule has 0 bridgehead atoms. The Morgan fingerprint density at radius 1 is 1.50 bits per heavy atom. The molecule has 0 aromatic carbocycles. The van der Waals surface area contributed by atoms with E-state index in [0.29, 0.717) is 6.04 Å². The van der Waals surface area contributed by atoms with Gasteiger partial charge >= 0.3 is 0 Å². The van der Waals surface area contributed by atoms with Crippen LogP contribution < -0.4 is 5.32 Å². The van der Waals surface area contributed by atoms with Crippen molar-refractivity contribution < 1.29 is 0 Å². The summed E-state index contributed by atoms with van der Waals surface area (Å²) >= 11 is 0. The van der Waals surface area contributed by atoms with E-state index in [1.165, 1.54) is 25.0 Å². The third-order valence-corrected chi connectivity index (χ3v) is 3.99. The molecule has 1 saturated heterocycles. The van der Waals surface area contributed by atoms with Crippen molar-refractivity contribution in [3.63, 3.8) is 0 Å². The van der Waals surface area contributed by atoms with Crippen molar-refractivity contribution in [3.05, 3.63) is 18.2 Å². The maximum absolute atomic E-state index is 4.36. The molecule has 0 spiro atoms. The standard InChI is InChI=1S/C13H23N3/c1-4-11(5-2)16-10-15-8-12(16)13(3)6-7-14-9-13/h8,10-11,14H,4-7,9H2,1-3H3. The molecule has 1 aliphatic heterocycles. The van der Waals surface area contributed by atoms with Crippen LogP contribution in [0, 0.1) is 0 Å². The van der Waals surface area contributed by atoms with Crippen LogP contribution in [0.15, 0.2) is 12.5 Å². The zero-order valence-corrected chi connectivity index (χ0v) is 10.7. The minimum Gasteiger partial charge on any atom is -0.331 e. The summed E-state index contributed by atoms with van der Waals surface area (Å²) in [6.07, 6.45) is 7.66. The predicted octanol–water partition coefficient (Wildman–Crippen LogP) is 2.50. The van der Waals surface area contributed by atoms with Gasteiger partial charge in [0.2, 0.25) is 0 Å². The number of hydrogen-bond acceptors (Lipinski definition) is 2. The summed E-state index contributed by atoms with van der Waals surface area (Å²) in [5.41, 5.74) is 1.69. The summed E-state index contributed by atoms with van der Waals surface area (Å²) in [6.45, 7) is 9.08. The number of aromatic nitrogens is 2. The summed E-state index contributed by atoms with van der Waals surface area (Å²) < 4.78 is 2.40. The highest BCUT2D eigenvalue weighted by molar-refractivity contribution is 5.18. The number of hydrogen-bond donors (Lipinski definition) is 1. The number of nitrogens with one attached hydrogen (secondary N) is 1. The third-order valence-electron chi connectivity index (χ3n) is 3.99. The van der Waals surface area contributed by atoms with Gasteiger partial charge in [-0.25, -0.2) is 4.98 Å². The zero-order valence-electron chi connectivity index (χ0n) is 10.7. The van der Waals surface area contributed by atoms with E-state index in [9.17, 15) is 0 Å². The monoisotopic (exact) mass is 221 g/mol. The molecule has 1 fully saturated rings. The first-order valence-corrected chi connectivity index (χ1v) is 6.44. The minimum atomic E-state index is 0.277. The second kappa shape index (κ2) is 4.58. The van der Waals surface area contributed by atoms with E-state index in [1.54, 1.807) is 0 Å². The molecule has 1 atom stereocenters. The first-order chi connectivity index (χ1) is 7.71. The fraction of sp³-hybridized carbons (Fsp3) is 0.769. The molecule has 1 aromatic heterocycles. The molecule has 0 radical (unpaired) electrons. The van der Waals surface area contributed by atoms with E-state index in [-0.39, 0.29) is 5.41 Å². The summed E-state index contributed by atoms with van der Waals surface area (Å²) in [6, 6.07) is 0.606. The van der Waals surface area contributed by atoms with Crippen molar-refractivity contribution in [1.29, 1.82) is 0 Å². The Morgan fingerprint density at radius 2 is 2.25 bits per heavy atom. The summed E-state index contributed by atoms with van der Waals surface area (Å²) in [5, 5.41) is 3.46. The van der Waals surface area contributed by atoms with Gasteiger partial charge in [0.15, 0.2) is 0 Å². The van der Waals surface area contributed by atoms with Gasteiger partial charge in [-0.1, -0.05) is 20.8 Å². The molecule has 90 valence electrons. The maximum Gasteiger partial charge on any atom is 0.0950 e. The van der Waals surface area contributed by atoms with E-state index < -0.39 is 0 Å². The molecular weight excluding hydrogens is 198 g/mol. The molecule has 2 rings (SSSR count). The molecule has 3 heteroatoms. The zero-order chi connectivity index (χ0) is 11.6. The van der Waals surface area contributed by atoms with Crippen LogP contribution in [0.4, 0.5) is 0 Å². The van der Waals surface area contributed by atoms with Gasteiger partial charge in [0.05, 0.1) is 6.33 Å². The van der Waals surface area contributed by atoms with Crippen LogP contribution in [0.1, 0.15) is 51.8 Å². The Hall–Kier alpha value is -0.830. The smallest absolute Gasteiger partial charge is 0.0950 e. The highest BCUT2D eigenvalue weighted by Gasteiger charge is 2.34. The van der Waals surface area contributed by atoms with Crippen molar-refractivity contribution >= 4 is 0 Å². The number of rotatable bonds is 4. The van der Waals surface area contributed by atoms with Crippen molar-refractivity contribution in [3.8, 4) is 0 Å². The fourth-order valence-corrected chi connectivity index (χ4v) is 2.78. The lowest BCUT2D eigenvalue weighted by Crippen LogP contribution is -2.29. The molecule has 0 aliphatic carbocycles. The molecule has 0 amide bonds. The van der Waals surface area contributed by atoms with Gasteiger partial charge in [-0.15, -0.1) is 0 Å². The van der Waals surface area contributed by atoms with Gasteiger partial charge in [0.1, 0.15) is 0 Å². The maximum atomic E-state index is 4.36. The normalized spacial score (nSPS) is 25.5. The molecule has 0 saturated carbocycles. The van der Waals surface area contributed by atoms with Crippen molar-refractivity contribution in [2.24, 2.45) is 0 Å². The first-order valence-electron chi connectivity index (χ1n) is 6.44. The van der Waals surface area contributed by atoms with Crippen LogP contribution in [0.2, 0.25) is 0 Å². The molecule has 1 aliphatic rings. The topological polar surface area (TPSA) is 29.9 Å². The van der Waals surface area contributed by atoms with Crippen LogP contribution in [-0.2, 0) is 5.41 Å². The second-order valence-corrected chi connectivity index (χ2v) is 5.14. The molecule has 2 heterocycles. The highest BCUT2D eigenvalue weighted by Crippen LogP contribution is 2.32. The minimum absolute atomic E-state index is 0.277. The third kappa shape index (κ3) is 1.88. The van der Waals surface area contributed by atoms with Crippen LogP contribution in [0.25, 0.3) is 0 Å². The highest BCUT2D eigenvalue weighted by atomic mass is 15.1. The number of imidazole rings is 1. The fourth-order valence-electron chi connectivity index (χ4n) is 2.78. The summed E-state index contributed by atoms with van der Waals surface area (Å²) in [5.74, 6) is 0. The van der Waals surface area contributed by atoms with E-state index >= 15 is 0 Å². The molecule has 1 aromatic rings. The first kappa shape index (κ1) is 11.6. The lowest BCUT2D eigenvalue weighted by molar-refractivity contribution is 0.405. The Kier molecular flexibility index (Phi) is 3.33. The van der Waals surface area contributed by atoms with Crippen LogP contribution in [-0.4, -0.2) is 22.6 Å². The average Bonchev–Trinajstić information content (AvgIpc) is 2.90. The largest absolute Gasteiger partial charge is 0.331 e. The van der Waals surface area contributed by atoms with E-state index in [0.717, 1.165) is 13.1 Å². The van der Waals surface area contributed by atoms with Gasteiger partial charge in [-0.3, -0.25) is 0 Å². The van der Waals surface area contributed by atoms with Crippen molar-refractivity contribution in [2.75, 3.05) is 13.1 Å². The average molecular weight is 221 g/mol. The Morgan fingerprint density at radius 3 is 2.81 bits per heavy atom. The van der Waals surface area contributed by atoms with Gasteiger partial charge < -0.3 is 9.88 Å². The summed E-state index contributed by atoms with van der Waals surface area (Å²) in [7, 11) is 0. The van der Waals surface area contributed by atoms with Crippen molar-refractivity contribution in [1.82, 2.24) is 14.9 Å². The molecule has 16 heavy (non-hydrogen) atoms. The van der Waals surface area contributed by atoms with E-state index in [1.807, 2.05) is 6.33 Å². The number of nitrogens with zero attached hydrogens (tertiary/aromatic N) is 2. The quantitative estimate of drug-likeness (QED) is 0.846. The van der Waals surface area contributed by atoms with Crippen LogP contribution in [0.3, 0.4) is 0 Å². The van der Waals surface area contributed by atoms with Crippen molar-refractivity contribution in [2.45, 2.75) is 51.5 Å². The molecular formula is C13H23N3. The predicted molar refractivity (Wildman–Crippen MR) is 66.7 cm³/mol. The SMILES string of the molecule is CCC(CC)n1cncc1C1(C)CCNC1. The second-order valence-electron chi connectivity index (χ2n) is 5.14. The summed E-state index contributed by atoms with van der Waals surface area (Å²) in [4.78, 5) is 4.36. The molecule has 1 N–H and O–H groups in total. The Balaban J connectivity index is 2.31. The van der Waals surface area contributed by atoms with Crippen LogP contribution >= 0.6 is 0 Å². The van der Waals surface area contributed by atoms with Gasteiger partial charge in [0.25, 0.3) is 0 Å². The molecule has 3 nitrogen and oxygen atoms in total. The Bertz CT molecular complexity index is 333.